The van der Waals surface area contributed by atoms with Gasteiger partial charge in [-0.1, -0.05) is 0 Å². The van der Waals surface area contributed by atoms with Crippen molar-refractivity contribution in [2.75, 3.05) is 12.3 Å². The smallest absolute Gasteiger partial charge is 0.245 e. The summed E-state index contributed by atoms with van der Waals surface area (Å²) in [6.45, 7) is 4.15. The molecular formula is C16H15FN4O. The minimum atomic E-state index is -0.270. The van der Waals surface area contributed by atoms with Crippen molar-refractivity contribution >= 4 is 17.0 Å². The summed E-state index contributed by atoms with van der Waals surface area (Å²) in [5.74, 6) is 0.225. The van der Waals surface area contributed by atoms with Crippen LogP contribution in [0.5, 0.6) is 5.88 Å². The van der Waals surface area contributed by atoms with Gasteiger partial charge in [0.1, 0.15) is 5.82 Å². The molecule has 0 aliphatic rings. The van der Waals surface area contributed by atoms with Gasteiger partial charge in [0.25, 0.3) is 0 Å². The van der Waals surface area contributed by atoms with Crippen molar-refractivity contribution in [3.63, 3.8) is 0 Å². The Labute approximate surface area is 127 Å². The Hall–Kier alpha value is -2.76. The van der Waals surface area contributed by atoms with Crippen LogP contribution in [0.3, 0.4) is 0 Å². The van der Waals surface area contributed by atoms with Crippen LogP contribution in [-0.4, -0.2) is 21.6 Å². The summed E-state index contributed by atoms with van der Waals surface area (Å²) in [6.07, 6.45) is 0. The summed E-state index contributed by atoms with van der Waals surface area (Å²) in [6, 6.07) is 8.23. The second-order valence-electron chi connectivity index (χ2n) is 4.84. The first-order valence-electron chi connectivity index (χ1n) is 6.92. The van der Waals surface area contributed by atoms with Crippen molar-refractivity contribution in [2.24, 2.45) is 0 Å². The molecule has 0 radical (unpaired) electrons. The van der Waals surface area contributed by atoms with Gasteiger partial charge >= 0.3 is 0 Å². The van der Waals surface area contributed by atoms with Crippen LogP contribution in [0.4, 0.5) is 10.3 Å². The van der Waals surface area contributed by atoms with Gasteiger partial charge in [0.15, 0.2) is 5.52 Å². The first-order valence-corrected chi connectivity index (χ1v) is 6.92. The molecule has 2 aromatic heterocycles. The highest BCUT2D eigenvalue weighted by Gasteiger charge is 2.12. The van der Waals surface area contributed by atoms with E-state index in [1.165, 1.54) is 12.1 Å². The Morgan fingerprint density at radius 2 is 1.95 bits per heavy atom. The number of benzene rings is 1. The van der Waals surface area contributed by atoms with Crippen molar-refractivity contribution in [3.05, 3.63) is 41.7 Å². The summed E-state index contributed by atoms with van der Waals surface area (Å²) in [5, 5.41) is 0. The fourth-order valence-corrected chi connectivity index (χ4v) is 2.31. The Morgan fingerprint density at radius 1 is 1.14 bits per heavy atom. The first-order chi connectivity index (χ1) is 10.6. The molecule has 0 aliphatic heterocycles. The second-order valence-corrected chi connectivity index (χ2v) is 4.84. The number of pyridine rings is 1. The molecule has 6 heteroatoms. The predicted molar refractivity (Wildman–Crippen MR) is 83.0 cm³/mol. The van der Waals surface area contributed by atoms with E-state index in [-0.39, 0.29) is 11.8 Å². The van der Waals surface area contributed by atoms with Gasteiger partial charge in [-0.15, -0.1) is 0 Å². The van der Waals surface area contributed by atoms with Crippen LogP contribution in [-0.2, 0) is 0 Å². The van der Waals surface area contributed by atoms with Crippen LogP contribution < -0.4 is 10.5 Å². The van der Waals surface area contributed by atoms with Crippen LogP contribution in [0.15, 0.2) is 30.3 Å². The Balaban J connectivity index is 2.20. The zero-order chi connectivity index (χ0) is 15.7. The van der Waals surface area contributed by atoms with Crippen molar-refractivity contribution in [2.45, 2.75) is 13.8 Å². The van der Waals surface area contributed by atoms with Crippen molar-refractivity contribution in [1.82, 2.24) is 15.0 Å². The number of aromatic nitrogens is 3. The number of halogens is 1. The van der Waals surface area contributed by atoms with E-state index in [1.54, 1.807) is 12.1 Å². The van der Waals surface area contributed by atoms with E-state index in [9.17, 15) is 4.39 Å². The lowest BCUT2D eigenvalue weighted by Gasteiger charge is -2.09. The third kappa shape index (κ3) is 2.55. The lowest BCUT2D eigenvalue weighted by atomic mass is 10.0. The lowest BCUT2D eigenvalue weighted by molar-refractivity contribution is 0.330. The number of nitrogens with zero attached hydrogens (tertiary/aromatic N) is 3. The number of nitrogen functional groups attached to an aromatic ring is 1. The highest BCUT2D eigenvalue weighted by atomic mass is 19.1. The normalized spacial score (nSPS) is 10.9. The largest absolute Gasteiger partial charge is 0.476 e. The highest BCUT2D eigenvalue weighted by molar-refractivity contribution is 5.83. The monoisotopic (exact) mass is 298 g/mol. The molecule has 0 atom stereocenters. The Kier molecular flexibility index (Phi) is 3.58. The summed E-state index contributed by atoms with van der Waals surface area (Å²) < 4.78 is 18.7. The summed E-state index contributed by atoms with van der Waals surface area (Å²) in [4.78, 5) is 12.8. The average Bonchev–Trinajstić information content (AvgIpc) is 2.47. The molecule has 22 heavy (non-hydrogen) atoms. The van der Waals surface area contributed by atoms with Crippen LogP contribution in [0, 0.1) is 12.7 Å². The number of ether oxygens (including phenoxy) is 1. The summed E-state index contributed by atoms with van der Waals surface area (Å²) >= 11 is 0. The number of hydrogen-bond acceptors (Lipinski definition) is 5. The van der Waals surface area contributed by atoms with E-state index in [0.717, 1.165) is 11.1 Å². The molecule has 3 rings (SSSR count). The van der Waals surface area contributed by atoms with Crippen LogP contribution >= 0.6 is 0 Å². The molecule has 2 heterocycles. The highest BCUT2D eigenvalue weighted by Crippen LogP contribution is 2.27. The zero-order valence-corrected chi connectivity index (χ0v) is 12.3. The van der Waals surface area contributed by atoms with E-state index in [2.05, 4.69) is 15.0 Å². The van der Waals surface area contributed by atoms with E-state index in [0.29, 0.717) is 29.2 Å². The first kappa shape index (κ1) is 14.2. The molecule has 0 unspecified atom stereocenters. The van der Waals surface area contributed by atoms with Crippen LogP contribution in [0.2, 0.25) is 0 Å². The molecule has 112 valence electrons. The second kappa shape index (κ2) is 5.55. The minimum absolute atomic E-state index is 0.142. The SMILES string of the molecule is CCOc1nc(N)nc2ccc(-c3ccc(F)cc3C)nc12. The molecule has 0 saturated carbocycles. The van der Waals surface area contributed by atoms with Gasteiger partial charge < -0.3 is 10.5 Å². The lowest BCUT2D eigenvalue weighted by Crippen LogP contribution is -2.03. The predicted octanol–water partition coefficient (Wildman–Crippen LogP) is 3.12. The Morgan fingerprint density at radius 3 is 2.68 bits per heavy atom. The molecule has 0 amide bonds. The molecule has 0 saturated heterocycles. The molecule has 0 aliphatic carbocycles. The zero-order valence-electron chi connectivity index (χ0n) is 12.3. The minimum Gasteiger partial charge on any atom is -0.476 e. The molecule has 0 spiro atoms. The van der Waals surface area contributed by atoms with Gasteiger partial charge in [-0.05, 0) is 49.7 Å². The quantitative estimate of drug-likeness (QED) is 0.804. The maximum atomic E-state index is 13.3. The standard InChI is InChI=1S/C16H15FN4O/c1-3-22-15-14-13(20-16(18)21-15)7-6-12(19-14)11-5-4-10(17)8-9(11)2/h4-8H,3H2,1-2H3,(H2,18,20,21). The maximum Gasteiger partial charge on any atom is 0.245 e. The van der Waals surface area contributed by atoms with E-state index < -0.39 is 0 Å². The van der Waals surface area contributed by atoms with Crippen LogP contribution in [0.1, 0.15) is 12.5 Å². The van der Waals surface area contributed by atoms with Gasteiger partial charge in [0.05, 0.1) is 17.8 Å². The molecule has 1 aromatic carbocycles. The van der Waals surface area contributed by atoms with Gasteiger partial charge in [0, 0.05) is 5.56 Å². The van der Waals surface area contributed by atoms with E-state index in [1.807, 2.05) is 19.9 Å². The molecule has 0 fully saturated rings. The molecule has 0 bridgehead atoms. The number of fused-ring (bicyclic) bond motifs is 1. The van der Waals surface area contributed by atoms with Crippen molar-refractivity contribution < 1.29 is 9.13 Å². The van der Waals surface area contributed by atoms with Gasteiger partial charge in [-0.3, -0.25) is 0 Å². The average molecular weight is 298 g/mol. The number of rotatable bonds is 3. The third-order valence-electron chi connectivity index (χ3n) is 3.27. The summed E-state index contributed by atoms with van der Waals surface area (Å²) in [7, 11) is 0. The van der Waals surface area contributed by atoms with E-state index in [4.69, 9.17) is 10.5 Å². The molecule has 5 nitrogen and oxygen atoms in total. The number of aryl methyl sites for hydroxylation is 1. The molecule has 2 N–H and O–H groups in total. The van der Waals surface area contributed by atoms with Crippen LogP contribution in [0.25, 0.3) is 22.3 Å². The van der Waals surface area contributed by atoms with Crippen molar-refractivity contribution in [3.8, 4) is 17.1 Å². The number of nitrogens with two attached hydrogens (primary N) is 1. The van der Waals surface area contributed by atoms with Crippen molar-refractivity contribution in [1.29, 1.82) is 0 Å². The van der Waals surface area contributed by atoms with Gasteiger partial charge in [0.2, 0.25) is 11.8 Å². The maximum absolute atomic E-state index is 13.3. The third-order valence-corrected chi connectivity index (χ3v) is 3.27. The fraction of sp³-hybridized carbons (Fsp3) is 0.188. The fourth-order valence-electron chi connectivity index (χ4n) is 2.31. The number of anilines is 1. The van der Waals surface area contributed by atoms with E-state index >= 15 is 0 Å². The molecular weight excluding hydrogens is 283 g/mol. The van der Waals surface area contributed by atoms with Gasteiger partial charge in [-0.2, -0.15) is 4.98 Å². The summed E-state index contributed by atoms with van der Waals surface area (Å²) in [5.41, 5.74) is 9.19. The topological polar surface area (TPSA) is 73.9 Å². The molecule has 3 aromatic rings. The number of hydrogen-bond donors (Lipinski definition) is 1. The Bertz CT molecular complexity index is 851. The van der Waals surface area contributed by atoms with Gasteiger partial charge in [-0.25, -0.2) is 14.4 Å².